The summed E-state index contributed by atoms with van der Waals surface area (Å²) >= 11 is 1.29. The fourth-order valence-electron chi connectivity index (χ4n) is 2.81. The molecule has 11 heteroatoms. The van der Waals surface area contributed by atoms with Gasteiger partial charge < -0.3 is 9.88 Å². The maximum atomic E-state index is 12.4. The van der Waals surface area contributed by atoms with Gasteiger partial charge in [-0.05, 0) is 12.1 Å². The van der Waals surface area contributed by atoms with Crippen molar-refractivity contribution in [1.82, 2.24) is 28.7 Å². The van der Waals surface area contributed by atoms with Crippen LogP contribution >= 0.6 is 11.3 Å². The Balaban J connectivity index is 1.58. The van der Waals surface area contributed by atoms with Crippen molar-refractivity contribution in [3.05, 3.63) is 57.1 Å². The first-order valence-electron chi connectivity index (χ1n) is 8.22. The van der Waals surface area contributed by atoms with E-state index in [2.05, 4.69) is 20.3 Å². The van der Waals surface area contributed by atoms with Crippen LogP contribution in [0.1, 0.15) is 0 Å². The van der Waals surface area contributed by atoms with Crippen LogP contribution in [0.15, 0.2) is 45.8 Å². The number of fused-ring (bicyclic) bond motifs is 1. The van der Waals surface area contributed by atoms with Crippen LogP contribution in [0.4, 0.5) is 5.13 Å². The lowest BCUT2D eigenvalue weighted by molar-refractivity contribution is -0.116. The SMILES string of the molecule is Cn1c(=O)c2c(ncn2CC(=O)Nc2nc(-c3cccnc3)cs2)n(C)c1=O. The van der Waals surface area contributed by atoms with Crippen LogP contribution in [0, 0.1) is 0 Å². The van der Waals surface area contributed by atoms with E-state index in [1.807, 2.05) is 17.5 Å². The second-order valence-corrected chi connectivity index (χ2v) is 6.94. The molecule has 0 aliphatic heterocycles. The smallest absolute Gasteiger partial charge is 0.315 e. The quantitative estimate of drug-likeness (QED) is 0.539. The third-order valence-corrected chi connectivity index (χ3v) is 5.00. The number of rotatable bonds is 4. The van der Waals surface area contributed by atoms with E-state index in [0.29, 0.717) is 10.8 Å². The Bertz CT molecular complexity index is 1300. The van der Waals surface area contributed by atoms with E-state index in [4.69, 9.17) is 0 Å². The Labute approximate surface area is 161 Å². The second kappa shape index (κ2) is 6.85. The molecule has 0 aliphatic carbocycles. The van der Waals surface area contributed by atoms with Crippen molar-refractivity contribution in [3.8, 4) is 11.3 Å². The molecule has 28 heavy (non-hydrogen) atoms. The van der Waals surface area contributed by atoms with Gasteiger partial charge >= 0.3 is 5.69 Å². The highest BCUT2D eigenvalue weighted by Gasteiger charge is 2.16. The van der Waals surface area contributed by atoms with Crippen molar-refractivity contribution in [2.24, 2.45) is 14.1 Å². The van der Waals surface area contributed by atoms with Gasteiger partial charge in [-0.2, -0.15) is 0 Å². The first kappa shape index (κ1) is 17.8. The van der Waals surface area contributed by atoms with Gasteiger partial charge in [0.15, 0.2) is 16.3 Å². The summed E-state index contributed by atoms with van der Waals surface area (Å²) in [5.74, 6) is -0.359. The summed E-state index contributed by atoms with van der Waals surface area (Å²) in [7, 11) is 2.91. The Kier molecular flexibility index (Phi) is 4.35. The number of carbonyl (C=O) groups excluding carboxylic acids is 1. The number of aryl methyl sites for hydroxylation is 1. The van der Waals surface area contributed by atoms with Crippen LogP contribution in [0.5, 0.6) is 0 Å². The van der Waals surface area contributed by atoms with Gasteiger partial charge in [0.05, 0.1) is 12.0 Å². The van der Waals surface area contributed by atoms with Crippen molar-refractivity contribution >= 4 is 33.5 Å². The molecule has 1 amide bonds. The molecule has 0 aromatic carbocycles. The summed E-state index contributed by atoms with van der Waals surface area (Å²) in [5.41, 5.74) is 1.01. The number of amides is 1. The maximum Gasteiger partial charge on any atom is 0.332 e. The molecule has 1 N–H and O–H groups in total. The van der Waals surface area contributed by atoms with Gasteiger partial charge in [0.1, 0.15) is 6.54 Å². The van der Waals surface area contributed by atoms with Crippen LogP contribution in [0.2, 0.25) is 0 Å². The van der Waals surface area contributed by atoms with Crippen molar-refractivity contribution < 1.29 is 4.79 Å². The lowest BCUT2D eigenvalue weighted by Crippen LogP contribution is -2.37. The van der Waals surface area contributed by atoms with E-state index >= 15 is 0 Å². The first-order chi connectivity index (χ1) is 13.5. The molecule has 142 valence electrons. The standard InChI is InChI=1S/C17H15N7O3S/c1-22-14-13(15(26)23(2)17(22)27)24(9-19-14)7-12(25)21-16-20-11(8-28-16)10-4-3-5-18-6-10/h3-6,8-9H,7H2,1-2H3,(H,20,21,25). The monoisotopic (exact) mass is 397 g/mol. The van der Waals surface area contributed by atoms with Gasteiger partial charge in [0.2, 0.25) is 5.91 Å². The summed E-state index contributed by atoms with van der Waals surface area (Å²) in [4.78, 5) is 49.4. The predicted molar refractivity (Wildman–Crippen MR) is 104 cm³/mol. The van der Waals surface area contributed by atoms with Crippen molar-refractivity contribution in [3.63, 3.8) is 0 Å². The number of imidazole rings is 1. The molecule has 0 saturated heterocycles. The molecular formula is C17H15N7O3S. The normalized spacial score (nSPS) is 11.1. The molecule has 4 aromatic heterocycles. The molecule has 0 unspecified atom stereocenters. The van der Waals surface area contributed by atoms with Gasteiger partial charge in [-0.3, -0.25) is 23.7 Å². The summed E-state index contributed by atoms with van der Waals surface area (Å²) in [6.07, 6.45) is 4.74. The average molecular weight is 397 g/mol. The van der Waals surface area contributed by atoms with E-state index in [-0.39, 0.29) is 23.6 Å². The summed E-state index contributed by atoms with van der Waals surface area (Å²) in [6.45, 7) is -0.133. The van der Waals surface area contributed by atoms with Crippen LogP contribution in [0.25, 0.3) is 22.4 Å². The predicted octanol–water partition coefficient (Wildman–Crippen LogP) is 0.591. The average Bonchev–Trinajstić information content (AvgIpc) is 3.33. The number of aromatic nitrogens is 6. The maximum absolute atomic E-state index is 12.4. The van der Waals surface area contributed by atoms with E-state index in [1.54, 1.807) is 12.4 Å². The zero-order valence-corrected chi connectivity index (χ0v) is 15.8. The number of thiazole rings is 1. The van der Waals surface area contributed by atoms with E-state index < -0.39 is 11.2 Å². The number of carbonyl (C=O) groups is 1. The molecule has 4 rings (SSSR count). The van der Waals surface area contributed by atoms with Gasteiger partial charge in [-0.1, -0.05) is 0 Å². The lowest BCUT2D eigenvalue weighted by atomic mass is 10.2. The van der Waals surface area contributed by atoms with Crippen LogP contribution < -0.4 is 16.6 Å². The lowest BCUT2D eigenvalue weighted by Gasteiger charge is -2.06. The summed E-state index contributed by atoms with van der Waals surface area (Å²) in [5, 5.41) is 4.98. The Hall–Kier alpha value is -3.60. The summed E-state index contributed by atoms with van der Waals surface area (Å²) < 4.78 is 3.67. The minimum Gasteiger partial charge on any atom is -0.315 e. The molecule has 0 radical (unpaired) electrons. The fourth-order valence-corrected chi connectivity index (χ4v) is 3.54. The second-order valence-electron chi connectivity index (χ2n) is 6.08. The van der Waals surface area contributed by atoms with Crippen molar-refractivity contribution in [1.29, 1.82) is 0 Å². The summed E-state index contributed by atoms with van der Waals surface area (Å²) in [6, 6.07) is 3.69. The molecule has 0 atom stereocenters. The van der Waals surface area contributed by atoms with Gasteiger partial charge in [0.25, 0.3) is 5.56 Å². The van der Waals surface area contributed by atoms with E-state index in [9.17, 15) is 14.4 Å². The molecule has 4 heterocycles. The highest BCUT2D eigenvalue weighted by Crippen LogP contribution is 2.24. The van der Waals surface area contributed by atoms with Crippen LogP contribution in [0.3, 0.4) is 0 Å². The van der Waals surface area contributed by atoms with Gasteiger partial charge in [0, 0.05) is 37.4 Å². The number of hydrogen-bond acceptors (Lipinski definition) is 7. The largest absolute Gasteiger partial charge is 0.332 e. The van der Waals surface area contributed by atoms with Crippen molar-refractivity contribution in [2.45, 2.75) is 6.54 Å². The van der Waals surface area contributed by atoms with E-state index in [1.165, 1.54) is 40.9 Å². The Morgan fingerprint density at radius 1 is 1.25 bits per heavy atom. The van der Waals surface area contributed by atoms with Crippen LogP contribution in [-0.2, 0) is 25.4 Å². The number of pyridine rings is 1. The topological polar surface area (TPSA) is 117 Å². The molecule has 4 aromatic rings. The van der Waals surface area contributed by atoms with Gasteiger partial charge in [-0.25, -0.2) is 14.8 Å². The highest BCUT2D eigenvalue weighted by molar-refractivity contribution is 7.14. The van der Waals surface area contributed by atoms with Crippen LogP contribution in [-0.4, -0.2) is 34.6 Å². The molecular weight excluding hydrogens is 382 g/mol. The number of nitrogens with zero attached hydrogens (tertiary/aromatic N) is 6. The van der Waals surface area contributed by atoms with E-state index in [0.717, 1.165) is 10.1 Å². The zero-order valence-electron chi connectivity index (χ0n) is 15.0. The first-order valence-corrected chi connectivity index (χ1v) is 9.10. The van der Waals surface area contributed by atoms with Gasteiger partial charge in [-0.15, -0.1) is 11.3 Å². The fraction of sp³-hybridized carbons (Fsp3) is 0.176. The molecule has 0 bridgehead atoms. The number of hydrogen-bond donors (Lipinski definition) is 1. The molecule has 0 saturated carbocycles. The third-order valence-electron chi connectivity index (χ3n) is 4.24. The minimum absolute atomic E-state index is 0.133. The molecule has 0 spiro atoms. The Morgan fingerprint density at radius 2 is 2.07 bits per heavy atom. The number of anilines is 1. The molecule has 10 nitrogen and oxygen atoms in total. The van der Waals surface area contributed by atoms with Crippen molar-refractivity contribution in [2.75, 3.05) is 5.32 Å². The molecule has 0 fully saturated rings. The number of nitrogens with one attached hydrogen (secondary N) is 1. The minimum atomic E-state index is -0.503. The third kappa shape index (κ3) is 3.01. The zero-order chi connectivity index (χ0) is 19.8. The highest BCUT2D eigenvalue weighted by atomic mass is 32.1. The molecule has 0 aliphatic rings. The Morgan fingerprint density at radius 3 is 2.82 bits per heavy atom.